The van der Waals surface area contributed by atoms with Crippen LogP contribution in [0.2, 0.25) is 0 Å². The summed E-state index contributed by atoms with van der Waals surface area (Å²) in [5.41, 5.74) is 0.262. The van der Waals surface area contributed by atoms with Crippen LogP contribution < -0.4 is 16.6 Å². The van der Waals surface area contributed by atoms with Crippen LogP contribution in [-0.4, -0.2) is 40.7 Å². The summed E-state index contributed by atoms with van der Waals surface area (Å²) in [4.78, 5) is 41.0. The molecule has 144 valence electrons. The van der Waals surface area contributed by atoms with E-state index in [1.165, 1.54) is 17.7 Å². The molecule has 1 aromatic heterocycles. The Labute approximate surface area is 156 Å². The number of carbonyl (C=O) groups is 1. The number of hydrogen-bond donors (Lipinski definition) is 2. The lowest BCUT2D eigenvalue weighted by atomic mass is 10.1. The van der Waals surface area contributed by atoms with Gasteiger partial charge in [-0.15, -0.1) is 0 Å². The van der Waals surface area contributed by atoms with E-state index in [1.54, 1.807) is 4.90 Å². The first kappa shape index (κ1) is 18.8. The molecule has 0 bridgehead atoms. The molecule has 2 heterocycles. The van der Waals surface area contributed by atoms with Crippen LogP contribution in [0.3, 0.4) is 0 Å². The molecule has 1 fully saturated rings. The molecule has 0 spiro atoms. The number of nitrogens with zero attached hydrogens (tertiary/aromatic N) is 2. The van der Waals surface area contributed by atoms with Crippen LogP contribution in [0.1, 0.15) is 37.4 Å². The van der Waals surface area contributed by atoms with Crippen LogP contribution in [0, 0.1) is 0 Å². The van der Waals surface area contributed by atoms with Crippen LogP contribution in [0.15, 0.2) is 46.0 Å². The van der Waals surface area contributed by atoms with Crippen molar-refractivity contribution in [3.8, 4) is 0 Å². The molecular formula is C19H24N4O4. The SMILES string of the molecule is COC(=O)N1CCC(n2c(=O)cc(N[C@@H](C)c3ccccc3)[nH]c2=O)CC1. The molecule has 1 aliphatic rings. The van der Waals surface area contributed by atoms with Gasteiger partial charge in [0, 0.05) is 31.2 Å². The fraction of sp³-hybridized carbons (Fsp3) is 0.421. The van der Waals surface area contributed by atoms with Gasteiger partial charge < -0.3 is 15.0 Å². The van der Waals surface area contributed by atoms with E-state index < -0.39 is 5.69 Å². The number of amides is 1. The lowest BCUT2D eigenvalue weighted by molar-refractivity contribution is 0.106. The summed E-state index contributed by atoms with van der Waals surface area (Å²) in [6.07, 6.45) is 0.681. The van der Waals surface area contributed by atoms with Crippen LogP contribution in [0.4, 0.5) is 10.6 Å². The van der Waals surface area contributed by atoms with E-state index in [4.69, 9.17) is 4.74 Å². The van der Waals surface area contributed by atoms with Gasteiger partial charge in [-0.25, -0.2) is 9.59 Å². The topological polar surface area (TPSA) is 96.4 Å². The second kappa shape index (κ2) is 8.11. The summed E-state index contributed by atoms with van der Waals surface area (Å²) in [5, 5.41) is 3.16. The molecule has 0 radical (unpaired) electrons. The minimum Gasteiger partial charge on any atom is -0.453 e. The first-order chi connectivity index (χ1) is 13.0. The maximum absolute atomic E-state index is 12.5. The zero-order valence-electron chi connectivity index (χ0n) is 15.5. The van der Waals surface area contributed by atoms with Crippen molar-refractivity contribution in [1.82, 2.24) is 14.5 Å². The summed E-state index contributed by atoms with van der Waals surface area (Å²) in [6, 6.07) is 10.9. The summed E-state index contributed by atoms with van der Waals surface area (Å²) in [6.45, 7) is 2.87. The van der Waals surface area contributed by atoms with E-state index in [0.29, 0.717) is 31.7 Å². The number of rotatable bonds is 4. The number of likely N-dealkylation sites (tertiary alicyclic amines) is 1. The highest BCUT2D eigenvalue weighted by atomic mass is 16.5. The van der Waals surface area contributed by atoms with Gasteiger partial charge in [0.25, 0.3) is 5.56 Å². The van der Waals surface area contributed by atoms with Gasteiger partial charge in [-0.3, -0.25) is 14.3 Å². The molecule has 0 unspecified atom stereocenters. The van der Waals surface area contributed by atoms with E-state index in [9.17, 15) is 14.4 Å². The Balaban J connectivity index is 1.73. The summed E-state index contributed by atoms with van der Waals surface area (Å²) < 4.78 is 5.95. The van der Waals surface area contributed by atoms with Crippen LogP contribution in [0.25, 0.3) is 0 Å². The minimum atomic E-state index is -0.443. The van der Waals surface area contributed by atoms with Gasteiger partial charge in [-0.1, -0.05) is 30.3 Å². The first-order valence-electron chi connectivity index (χ1n) is 9.00. The third-order valence-corrected chi connectivity index (χ3v) is 4.90. The third-order valence-electron chi connectivity index (χ3n) is 4.90. The molecule has 1 saturated heterocycles. The zero-order valence-corrected chi connectivity index (χ0v) is 15.5. The largest absolute Gasteiger partial charge is 0.453 e. The number of aromatic amines is 1. The van der Waals surface area contributed by atoms with Gasteiger partial charge in [-0.05, 0) is 25.3 Å². The van der Waals surface area contributed by atoms with Crippen LogP contribution >= 0.6 is 0 Å². The Morgan fingerprint density at radius 3 is 2.48 bits per heavy atom. The minimum absolute atomic E-state index is 0.0552. The molecule has 27 heavy (non-hydrogen) atoms. The average Bonchev–Trinajstić information content (AvgIpc) is 2.68. The number of methoxy groups -OCH3 is 1. The molecule has 1 aliphatic heterocycles. The first-order valence-corrected chi connectivity index (χ1v) is 9.00. The molecule has 0 aliphatic carbocycles. The average molecular weight is 372 g/mol. The number of benzene rings is 1. The lowest BCUT2D eigenvalue weighted by Gasteiger charge is -2.31. The maximum atomic E-state index is 12.5. The Bertz CT molecular complexity index is 867. The number of aromatic nitrogens is 2. The number of carbonyl (C=O) groups excluding carboxylic acids is 1. The predicted octanol–water partition coefficient (Wildman–Crippen LogP) is 2.11. The third kappa shape index (κ3) is 4.21. The van der Waals surface area contributed by atoms with Gasteiger partial charge in [0.2, 0.25) is 0 Å². The number of nitrogens with one attached hydrogen (secondary N) is 2. The normalized spacial score (nSPS) is 16.0. The Morgan fingerprint density at radius 1 is 1.22 bits per heavy atom. The maximum Gasteiger partial charge on any atom is 0.409 e. The fourth-order valence-corrected chi connectivity index (χ4v) is 3.42. The highest BCUT2D eigenvalue weighted by molar-refractivity contribution is 5.67. The molecule has 1 aromatic carbocycles. The summed E-state index contributed by atoms with van der Waals surface area (Å²) in [7, 11) is 1.34. The van der Waals surface area contributed by atoms with Gasteiger partial charge in [0.1, 0.15) is 5.82 Å². The lowest BCUT2D eigenvalue weighted by Crippen LogP contribution is -2.45. The quantitative estimate of drug-likeness (QED) is 0.857. The van der Waals surface area contributed by atoms with Crippen molar-refractivity contribution < 1.29 is 9.53 Å². The highest BCUT2D eigenvalue weighted by Gasteiger charge is 2.26. The smallest absolute Gasteiger partial charge is 0.409 e. The van der Waals surface area contributed by atoms with E-state index in [0.717, 1.165) is 5.56 Å². The Morgan fingerprint density at radius 2 is 1.89 bits per heavy atom. The predicted molar refractivity (Wildman–Crippen MR) is 102 cm³/mol. The zero-order chi connectivity index (χ0) is 19.4. The van der Waals surface area contributed by atoms with Crippen LogP contribution in [-0.2, 0) is 4.74 Å². The molecule has 2 N–H and O–H groups in total. The van der Waals surface area contributed by atoms with Crippen molar-refractivity contribution in [3.63, 3.8) is 0 Å². The molecule has 0 saturated carbocycles. The van der Waals surface area contributed by atoms with Gasteiger partial charge in [-0.2, -0.15) is 0 Å². The number of ether oxygens (including phenoxy) is 1. The van der Waals surface area contributed by atoms with Crippen molar-refractivity contribution in [3.05, 3.63) is 62.8 Å². The van der Waals surface area contributed by atoms with Crippen molar-refractivity contribution in [2.75, 3.05) is 25.5 Å². The van der Waals surface area contributed by atoms with Crippen molar-refractivity contribution >= 4 is 11.9 Å². The van der Waals surface area contributed by atoms with Crippen molar-refractivity contribution in [2.24, 2.45) is 0 Å². The molecule has 8 nitrogen and oxygen atoms in total. The molecule has 3 rings (SSSR count). The van der Waals surface area contributed by atoms with E-state index in [1.807, 2.05) is 37.3 Å². The van der Waals surface area contributed by atoms with E-state index in [-0.39, 0.29) is 23.7 Å². The number of hydrogen-bond acceptors (Lipinski definition) is 5. The Hall–Kier alpha value is -3.03. The second-order valence-corrected chi connectivity index (χ2v) is 6.66. The molecular weight excluding hydrogens is 348 g/mol. The van der Waals surface area contributed by atoms with Crippen LogP contribution in [0.5, 0.6) is 0 Å². The van der Waals surface area contributed by atoms with Gasteiger partial charge >= 0.3 is 11.8 Å². The molecule has 1 amide bonds. The highest BCUT2D eigenvalue weighted by Crippen LogP contribution is 2.21. The van der Waals surface area contributed by atoms with E-state index >= 15 is 0 Å². The fourth-order valence-electron chi connectivity index (χ4n) is 3.42. The molecule has 1 atom stereocenters. The van der Waals surface area contributed by atoms with Gasteiger partial charge in [0.15, 0.2) is 0 Å². The number of piperidine rings is 1. The van der Waals surface area contributed by atoms with Gasteiger partial charge in [0.05, 0.1) is 7.11 Å². The standard InChI is InChI=1S/C19H24N4O4/c1-13(14-6-4-3-5-7-14)20-16-12-17(24)23(18(25)21-16)15-8-10-22(11-9-15)19(26)27-2/h3-7,12-13,15,20H,8-11H2,1-2H3,(H,21,25)/t13-/m0/s1. The van der Waals surface area contributed by atoms with E-state index in [2.05, 4.69) is 10.3 Å². The molecule has 2 aromatic rings. The summed E-state index contributed by atoms with van der Waals surface area (Å²) >= 11 is 0. The van der Waals surface area contributed by atoms with Crippen molar-refractivity contribution in [2.45, 2.75) is 31.8 Å². The summed E-state index contributed by atoms with van der Waals surface area (Å²) in [5.74, 6) is 0.393. The van der Waals surface area contributed by atoms with Crippen molar-refractivity contribution in [1.29, 1.82) is 0 Å². The monoisotopic (exact) mass is 372 g/mol. The molecule has 8 heteroatoms. The number of anilines is 1. The second-order valence-electron chi connectivity index (χ2n) is 6.66. The Kier molecular flexibility index (Phi) is 5.63. The number of H-pyrrole nitrogens is 1.